The summed E-state index contributed by atoms with van der Waals surface area (Å²) >= 11 is 0. The van der Waals surface area contributed by atoms with Crippen molar-refractivity contribution >= 4 is 28.0 Å². The Morgan fingerprint density at radius 2 is 1.76 bits per heavy atom. The first-order chi connectivity index (χ1) is 16.1. The summed E-state index contributed by atoms with van der Waals surface area (Å²) in [5.41, 5.74) is 0.827. The summed E-state index contributed by atoms with van der Waals surface area (Å²) in [6.45, 7) is 3.36. The van der Waals surface area contributed by atoms with Crippen molar-refractivity contribution < 1.29 is 27.9 Å². The molecular weight excluding hydrogens is 458 g/mol. The summed E-state index contributed by atoms with van der Waals surface area (Å²) in [4.78, 5) is 40.0. The molecule has 1 heterocycles. The molecule has 3 N–H and O–H groups in total. The van der Waals surface area contributed by atoms with Crippen molar-refractivity contribution in [3.63, 3.8) is 0 Å². The number of Topliss-reactive ketones (excluding diaryl/α,β-unsaturated/α-hetero) is 1. The van der Waals surface area contributed by atoms with Crippen LogP contribution in [-0.2, 0) is 26.0 Å². The monoisotopic (exact) mass is 489 g/mol. The average molecular weight is 490 g/mol. The average Bonchev–Trinajstić information content (AvgIpc) is 2.81. The van der Waals surface area contributed by atoms with Gasteiger partial charge in [-0.05, 0) is 36.1 Å². The lowest BCUT2D eigenvalue weighted by atomic mass is 9.90. The van der Waals surface area contributed by atoms with Gasteiger partial charge in [0.25, 0.3) is 0 Å². The van der Waals surface area contributed by atoms with E-state index < -0.39 is 22.0 Å². The van der Waals surface area contributed by atoms with Crippen molar-refractivity contribution in [1.29, 1.82) is 0 Å². The van der Waals surface area contributed by atoms with Crippen LogP contribution in [0.15, 0.2) is 53.7 Å². The minimum atomic E-state index is -4.02. The van der Waals surface area contributed by atoms with E-state index in [9.17, 15) is 27.9 Å². The molecule has 2 atom stereocenters. The Morgan fingerprint density at radius 3 is 2.41 bits per heavy atom. The van der Waals surface area contributed by atoms with E-state index in [0.29, 0.717) is 12.7 Å². The lowest BCUT2D eigenvalue weighted by molar-refractivity contribution is -0.130. The van der Waals surface area contributed by atoms with Crippen molar-refractivity contribution in [1.82, 2.24) is 15.0 Å². The van der Waals surface area contributed by atoms with Gasteiger partial charge in [-0.2, -0.15) is 0 Å². The van der Waals surface area contributed by atoms with Gasteiger partial charge in [-0.3, -0.25) is 19.4 Å². The fourth-order valence-electron chi connectivity index (χ4n) is 3.47. The Bertz CT molecular complexity index is 1070. The number of pyridine rings is 1. The molecule has 2 aromatic rings. The van der Waals surface area contributed by atoms with E-state index in [1.807, 2.05) is 13.8 Å². The van der Waals surface area contributed by atoms with Crippen molar-refractivity contribution in [2.24, 2.45) is 11.8 Å². The number of amides is 1. The number of aliphatic hydroxyl groups excluding tert-OH is 1. The highest BCUT2D eigenvalue weighted by Gasteiger charge is 2.24. The SMILES string of the molecule is CC(C)C[C@H](CC(=O)Cc1ccncc1)C(=O)NCC(O)CNS(=O)(=O)c1ccccc1C=O. The molecule has 0 aliphatic heterocycles. The number of hydrogen-bond donors (Lipinski definition) is 3. The first-order valence-electron chi connectivity index (χ1n) is 11.0. The number of benzene rings is 1. The number of aldehydes is 1. The summed E-state index contributed by atoms with van der Waals surface area (Å²) < 4.78 is 27.1. The molecule has 34 heavy (non-hydrogen) atoms. The number of sulfonamides is 1. The number of ketones is 1. The summed E-state index contributed by atoms with van der Waals surface area (Å²) in [5, 5.41) is 12.8. The molecule has 0 radical (unpaired) electrons. The van der Waals surface area contributed by atoms with E-state index in [-0.39, 0.29) is 54.0 Å². The molecule has 1 amide bonds. The van der Waals surface area contributed by atoms with Gasteiger partial charge in [0.15, 0.2) is 6.29 Å². The lowest BCUT2D eigenvalue weighted by Crippen LogP contribution is -2.42. The van der Waals surface area contributed by atoms with Crippen LogP contribution in [0.2, 0.25) is 0 Å². The van der Waals surface area contributed by atoms with Gasteiger partial charge < -0.3 is 10.4 Å². The molecule has 1 aromatic heterocycles. The van der Waals surface area contributed by atoms with Gasteiger partial charge in [0.1, 0.15) is 5.78 Å². The van der Waals surface area contributed by atoms with Crippen LogP contribution in [0.4, 0.5) is 0 Å². The molecule has 0 spiro atoms. The highest BCUT2D eigenvalue weighted by Crippen LogP contribution is 2.18. The first-order valence-corrected chi connectivity index (χ1v) is 12.5. The second-order valence-corrected chi connectivity index (χ2v) is 10.2. The fourth-order valence-corrected chi connectivity index (χ4v) is 4.72. The topological polar surface area (TPSA) is 143 Å². The Hall–Kier alpha value is -2.95. The van der Waals surface area contributed by atoms with Gasteiger partial charge in [0.05, 0.1) is 11.0 Å². The highest BCUT2D eigenvalue weighted by molar-refractivity contribution is 7.89. The molecule has 9 nitrogen and oxygen atoms in total. The summed E-state index contributed by atoms with van der Waals surface area (Å²) in [6.07, 6.45) is 3.22. The lowest BCUT2D eigenvalue weighted by Gasteiger charge is -2.20. The zero-order chi connectivity index (χ0) is 25.1. The van der Waals surface area contributed by atoms with E-state index in [0.717, 1.165) is 5.56 Å². The fraction of sp³-hybridized carbons (Fsp3) is 0.417. The van der Waals surface area contributed by atoms with Gasteiger partial charge in [-0.25, -0.2) is 13.1 Å². The van der Waals surface area contributed by atoms with E-state index >= 15 is 0 Å². The zero-order valence-electron chi connectivity index (χ0n) is 19.3. The van der Waals surface area contributed by atoms with Crippen LogP contribution >= 0.6 is 0 Å². The van der Waals surface area contributed by atoms with Crippen LogP contribution in [0.25, 0.3) is 0 Å². The quantitative estimate of drug-likeness (QED) is 0.341. The van der Waals surface area contributed by atoms with Gasteiger partial charge in [0.2, 0.25) is 15.9 Å². The normalized spacial score (nSPS) is 13.3. The van der Waals surface area contributed by atoms with Crippen molar-refractivity contribution in [2.75, 3.05) is 13.1 Å². The Morgan fingerprint density at radius 1 is 1.09 bits per heavy atom. The molecule has 2 rings (SSSR count). The molecule has 0 fully saturated rings. The Kier molecular flexibility index (Phi) is 10.5. The molecule has 10 heteroatoms. The minimum absolute atomic E-state index is 0.00533. The van der Waals surface area contributed by atoms with E-state index in [1.165, 1.54) is 18.2 Å². The maximum absolute atomic E-state index is 12.7. The number of hydrogen-bond acceptors (Lipinski definition) is 7. The Labute approximate surface area is 200 Å². The van der Waals surface area contributed by atoms with Crippen LogP contribution in [-0.4, -0.2) is 55.7 Å². The third-order valence-corrected chi connectivity index (χ3v) is 6.61. The molecule has 0 bridgehead atoms. The van der Waals surface area contributed by atoms with Crippen molar-refractivity contribution in [3.8, 4) is 0 Å². The maximum Gasteiger partial charge on any atom is 0.241 e. The van der Waals surface area contributed by atoms with Gasteiger partial charge >= 0.3 is 0 Å². The van der Waals surface area contributed by atoms with E-state index in [2.05, 4.69) is 15.0 Å². The number of aromatic nitrogens is 1. The number of carbonyl (C=O) groups is 3. The van der Waals surface area contributed by atoms with Crippen LogP contribution in [0.5, 0.6) is 0 Å². The molecule has 1 unspecified atom stereocenters. The van der Waals surface area contributed by atoms with Crippen molar-refractivity contribution in [2.45, 2.75) is 44.1 Å². The second-order valence-electron chi connectivity index (χ2n) is 8.51. The van der Waals surface area contributed by atoms with Crippen LogP contribution < -0.4 is 10.0 Å². The predicted octanol–water partition coefficient (Wildman–Crippen LogP) is 1.51. The van der Waals surface area contributed by atoms with E-state index in [1.54, 1.807) is 30.6 Å². The molecule has 0 saturated carbocycles. The van der Waals surface area contributed by atoms with Gasteiger partial charge in [0, 0.05) is 49.8 Å². The minimum Gasteiger partial charge on any atom is -0.390 e. The predicted molar refractivity (Wildman–Crippen MR) is 127 cm³/mol. The van der Waals surface area contributed by atoms with Gasteiger partial charge in [-0.15, -0.1) is 0 Å². The van der Waals surface area contributed by atoms with Crippen molar-refractivity contribution in [3.05, 3.63) is 59.9 Å². The van der Waals surface area contributed by atoms with Crippen LogP contribution in [0, 0.1) is 11.8 Å². The molecule has 0 saturated heterocycles. The molecule has 0 aliphatic rings. The highest BCUT2D eigenvalue weighted by atomic mass is 32.2. The number of nitrogens with one attached hydrogen (secondary N) is 2. The molecule has 0 aliphatic carbocycles. The summed E-state index contributed by atoms with van der Waals surface area (Å²) in [7, 11) is -4.02. The number of carbonyl (C=O) groups excluding carboxylic acids is 3. The largest absolute Gasteiger partial charge is 0.390 e. The summed E-state index contributed by atoms with van der Waals surface area (Å²) in [5.74, 6) is -0.823. The number of nitrogens with zero attached hydrogens (tertiary/aromatic N) is 1. The number of rotatable bonds is 14. The molecule has 1 aromatic carbocycles. The van der Waals surface area contributed by atoms with Gasteiger partial charge in [-0.1, -0.05) is 32.0 Å². The second kappa shape index (κ2) is 13.1. The summed E-state index contributed by atoms with van der Waals surface area (Å²) in [6, 6.07) is 9.20. The Balaban J connectivity index is 1.90. The van der Waals surface area contributed by atoms with Crippen LogP contribution in [0.3, 0.4) is 0 Å². The standard InChI is InChI=1S/C24H31N3O6S/c1-17(2)11-20(13-21(29)12-18-7-9-25-10-8-18)24(31)26-14-22(30)15-27-34(32,33)23-6-4-3-5-19(23)16-28/h3-10,16-17,20,22,27,30H,11-15H2,1-2H3,(H,26,31)/t20-,22?/m1/s1. The molecular formula is C24H31N3O6S. The third kappa shape index (κ3) is 8.77. The van der Waals surface area contributed by atoms with Crippen LogP contribution in [0.1, 0.15) is 42.6 Å². The first kappa shape index (κ1) is 27.3. The third-order valence-electron chi connectivity index (χ3n) is 5.11. The maximum atomic E-state index is 12.7. The molecule has 184 valence electrons. The van der Waals surface area contributed by atoms with E-state index in [4.69, 9.17) is 0 Å². The smallest absolute Gasteiger partial charge is 0.241 e. The zero-order valence-corrected chi connectivity index (χ0v) is 20.1. The number of aliphatic hydroxyl groups is 1.